The lowest BCUT2D eigenvalue weighted by atomic mass is 10.1. The second kappa shape index (κ2) is 9.52. The summed E-state index contributed by atoms with van der Waals surface area (Å²) >= 11 is 0. The van der Waals surface area contributed by atoms with Crippen LogP contribution in [0.3, 0.4) is 0 Å². The maximum Gasteiger partial charge on any atom is 0.178 e. The van der Waals surface area contributed by atoms with Crippen LogP contribution in [0.25, 0.3) is 56.1 Å². The van der Waals surface area contributed by atoms with Crippen molar-refractivity contribution in [1.29, 1.82) is 0 Å². The Morgan fingerprint density at radius 3 is 2.76 bits per heavy atom. The third kappa shape index (κ3) is 4.50. The molecule has 0 unspecified atom stereocenters. The van der Waals surface area contributed by atoms with E-state index in [0.29, 0.717) is 57.4 Å². The largest absolute Gasteiger partial charge is 0.508 e. The molecule has 11 heteroatoms. The molecule has 5 heterocycles. The van der Waals surface area contributed by atoms with Crippen molar-refractivity contribution in [3.63, 3.8) is 0 Å². The third-order valence-electron chi connectivity index (χ3n) is 6.03. The number of halogens is 1. The van der Waals surface area contributed by atoms with E-state index in [1.165, 1.54) is 12.1 Å². The van der Waals surface area contributed by atoms with Crippen molar-refractivity contribution in [1.82, 2.24) is 40.0 Å². The number of imidazole rings is 1. The van der Waals surface area contributed by atoms with E-state index in [2.05, 4.69) is 30.1 Å². The molecule has 5 aromatic heterocycles. The van der Waals surface area contributed by atoms with Crippen LogP contribution in [-0.2, 0) is 0 Å². The molecule has 0 saturated carbocycles. The maximum absolute atomic E-state index is 14.0. The zero-order valence-electron chi connectivity index (χ0n) is 20.6. The van der Waals surface area contributed by atoms with Gasteiger partial charge in [0.15, 0.2) is 17.2 Å². The van der Waals surface area contributed by atoms with Gasteiger partial charge in [-0.1, -0.05) is 0 Å². The van der Waals surface area contributed by atoms with Crippen LogP contribution in [0, 0.1) is 5.82 Å². The number of phenolic OH excluding ortho intramolecular Hbond substituents is 1. The zero-order chi connectivity index (χ0) is 26.2. The molecule has 6 rings (SSSR count). The van der Waals surface area contributed by atoms with Gasteiger partial charge in [-0.2, -0.15) is 5.10 Å². The number of ether oxygens (including phenoxy) is 1. The van der Waals surface area contributed by atoms with E-state index in [-0.39, 0.29) is 5.75 Å². The Morgan fingerprint density at radius 2 is 1.92 bits per heavy atom. The summed E-state index contributed by atoms with van der Waals surface area (Å²) in [5.74, 6) is 0.413. The van der Waals surface area contributed by atoms with E-state index in [4.69, 9.17) is 9.72 Å². The van der Waals surface area contributed by atoms with Crippen molar-refractivity contribution in [2.24, 2.45) is 0 Å². The van der Waals surface area contributed by atoms with Crippen LogP contribution in [0.5, 0.6) is 11.5 Å². The Labute approximate surface area is 216 Å². The van der Waals surface area contributed by atoms with Crippen molar-refractivity contribution in [2.45, 2.75) is 0 Å². The summed E-state index contributed by atoms with van der Waals surface area (Å²) in [5, 5.41) is 17.3. The van der Waals surface area contributed by atoms with Crippen molar-refractivity contribution in [3.8, 4) is 45.4 Å². The van der Waals surface area contributed by atoms with E-state index in [1.807, 2.05) is 37.2 Å². The van der Waals surface area contributed by atoms with Crippen LogP contribution in [-0.4, -0.2) is 72.4 Å². The molecule has 0 aliphatic heterocycles. The van der Waals surface area contributed by atoms with E-state index in [9.17, 15) is 9.50 Å². The molecule has 0 fully saturated rings. The molecule has 6 aromatic rings. The summed E-state index contributed by atoms with van der Waals surface area (Å²) < 4.78 is 19.8. The summed E-state index contributed by atoms with van der Waals surface area (Å²) in [6.07, 6.45) is 5.00. The Balaban J connectivity index is 1.38. The lowest BCUT2D eigenvalue weighted by Gasteiger charge is -2.11. The Hall–Kier alpha value is -4.90. The van der Waals surface area contributed by atoms with Crippen molar-refractivity contribution < 1.29 is 14.2 Å². The van der Waals surface area contributed by atoms with Gasteiger partial charge < -0.3 is 19.7 Å². The average Bonchev–Trinajstić information content (AvgIpc) is 3.51. The van der Waals surface area contributed by atoms with Gasteiger partial charge in [0.1, 0.15) is 29.4 Å². The van der Waals surface area contributed by atoms with E-state index in [0.717, 1.165) is 23.7 Å². The number of hydrogen-bond donors (Lipinski definition) is 3. The molecular weight excluding hydrogens is 487 g/mol. The van der Waals surface area contributed by atoms with Crippen molar-refractivity contribution >= 4 is 22.2 Å². The van der Waals surface area contributed by atoms with Crippen LogP contribution in [0.1, 0.15) is 0 Å². The van der Waals surface area contributed by atoms with Gasteiger partial charge in [0.25, 0.3) is 0 Å². The number of likely N-dealkylation sites (N-methyl/N-ethyl adjacent to an activating group) is 1. The number of hydrogen-bond acceptors (Lipinski definition) is 8. The number of rotatable bonds is 7. The van der Waals surface area contributed by atoms with Gasteiger partial charge in [-0.05, 0) is 56.1 Å². The van der Waals surface area contributed by atoms with Gasteiger partial charge in [-0.25, -0.2) is 19.3 Å². The Kier molecular flexibility index (Phi) is 5.89. The molecule has 190 valence electrons. The first-order chi connectivity index (χ1) is 18.4. The molecule has 1 aromatic carbocycles. The van der Waals surface area contributed by atoms with Crippen LogP contribution < -0.4 is 4.74 Å². The van der Waals surface area contributed by atoms with E-state index >= 15 is 0 Å². The highest BCUT2D eigenvalue weighted by atomic mass is 19.1. The standard InChI is InChI=1S/C27H23FN8O2/c1-36(2)7-8-38-19-11-16(13-29-14-19)21-3-4-22-24(31-21)25(35-34-22)27-32-23-20(5-6-30-26(23)33-27)15-9-17(28)12-18(37)10-15/h3-6,9-14,37H,7-8H2,1-2H3,(H,34,35)(H,30,32,33). The van der Waals surface area contributed by atoms with Gasteiger partial charge in [0, 0.05) is 36.1 Å². The van der Waals surface area contributed by atoms with Crippen LogP contribution >= 0.6 is 0 Å². The highest BCUT2D eigenvalue weighted by molar-refractivity contribution is 5.95. The molecule has 38 heavy (non-hydrogen) atoms. The van der Waals surface area contributed by atoms with Crippen LogP contribution in [0.4, 0.5) is 4.39 Å². The summed E-state index contributed by atoms with van der Waals surface area (Å²) in [6, 6.07) is 11.3. The maximum atomic E-state index is 14.0. The van der Waals surface area contributed by atoms with Crippen molar-refractivity contribution in [2.75, 3.05) is 27.2 Å². The first-order valence-corrected chi connectivity index (χ1v) is 11.9. The molecular formula is C27H23FN8O2. The number of nitrogens with zero attached hydrogens (tertiary/aromatic N) is 6. The fourth-order valence-electron chi connectivity index (χ4n) is 4.20. The van der Waals surface area contributed by atoms with E-state index < -0.39 is 5.82 Å². The Morgan fingerprint density at radius 1 is 1.03 bits per heavy atom. The highest BCUT2D eigenvalue weighted by Gasteiger charge is 2.18. The first-order valence-electron chi connectivity index (χ1n) is 11.9. The minimum atomic E-state index is -0.540. The number of phenols is 1. The molecule has 0 radical (unpaired) electrons. The lowest BCUT2D eigenvalue weighted by molar-refractivity contribution is 0.261. The molecule has 10 nitrogen and oxygen atoms in total. The average molecular weight is 511 g/mol. The lowest BCUT2D eigenvalue weighted by Crippen LogP contribution is -2.19. The number of nitrogens with one attached hydrogen (secondary N) is 2. The smallest absolute Gasteiger partial charge is 0.178 e. The molecule has 0 aliphatic carbocycles. The van der Waals surface area contributed by atoms with Gasteiger partial charge in [0.2, 0.25) is 0 Å². The number of aromatic amines is 2. The molecule has 0 spiro atoms. The molecule has 0 saturated heterocycles. The van der Waals surface area contributed by atoms with Gasteiger partial charge in [0.05, 0.1) is 22.9 Å². The highest BCUT2D eigenvalue weighted by Crippen LogP contribution is 2.32. The number of aromatic hydroxyl groups is 1. The second-order valence-corrected chi connectivity index (χ2v) is 9.07. The molecule has 0 amide bonds. The molecule has 3 N–H and O–H groups in total. The summed E-state index contributed by atoms with van der Waals surface area (Å²) in [7, 11) is 3.98. The quantitative estimate of drug-likeness (QED) is 0.288. The predicted molar refractivity (Wildman–Crippen MR) is 141 cm³/mol. The Bertz CT molecular complexity index is 1760. The van der Waals surface area contributed by atoms with Crippen LogP contribution in [0.2, 0.25) is 0 Å². The van der Waals surface area contributed by atoms with E-state index in [1.54, 1.807) is 24.7 Å². The molecule has 0 aliphatic rings. The SMILES string of the molecule is CN(C)CCOc1cncc(-c2ccc3[nH]nc(-c4nc5nccc(-c6cc(O)cc(F)c6)c5[nH]4)c3n2)c1. The van der Waals surface area contributed by atoms with Crippen molar-refractivity contribution in [3.05, 3.63) is 66.9 Å². The fraction of sp³-hybridized carbons (Fsp3) is 0.148. The zero-order valence-corrected chi connectivity index (χ0v) is 20.6. The molecule has 0 atom stereocenters. The minimum Gasteiger partial charge on any atom is -0.508 e. The fourth-order valence-corrected chi connectivity index (χ4v) is 4.20. The summed E-state index contributed by atoms with van der Waals surface area (Å²) in [4.78, 5) is 23.4. The third-order valence-corrected chi connectivity index (χ3v) is 6.03. The predicted octanol–water partition coefficient (Wildman–Crippen LogP) is 4.41. The molecule has 0 bridgehead atoms. The van der Waals surface area contributed by atoms with Gasteiger partial charge in [-0.15, -0.1) is 0 Å². The number of H-pyrrole nitrogens is 2. The number of fused-ring (bicyclic) bond motifs is 2. The normalized spacial score (nSPS) is 11.6. The minimum absolute atomic E-state index is 0.165. The number of pyridine rings is 3. The number of aromatic nitrogens is 7. The van der Waals surface area contributed by atoms with Gasteiger partial charge in [-0.3, -0.25) is 10.1 Å². The number of benzene rings is 1. The van der Waals surface area contributed by atoms with Crippen LogP contribution in [0.15, 0.2) is 61.1 Å². The monoisotopic (exact) mass is 510 g/mol. The second-order valence-electron chi connectivity index (χ2n) is 9.07. The topological polar surface area (TPSA) is 129 Å². The summed E-state index contributed by atoms with van der Waals surface area (Å²) in [6.45, 7) is 1.34. The van der Waals surface area contributed by atoms with Gasteiger partial charge >= 0.3 is 0 Å². The summed E-state index contributed by atoms with van der Waals surface area (Å²) in [5.41, 5.74) is 5.54. The first kappa shape index (κ1) is 23.5.